The van der Waals surface area contributed by atoms with Gasteiger partial charge in [0.25, 0.3) is 5.91 Å². The molecule has 128 valence electrons. The quantitative estimate of drug-likeness (QED) is 0.914. The molecule has 24 heavy (non-hydrogen) atoms. The SMILES string of the molecule is Cc1ccc(C(CNC(=O)c2ccccc2F)N2CCOCC2)o1. The van der Waals surface area contributed by atoms with Crippen LogP contribution in [0.3, 0.4) is 0 Å². The van der Waals surface area contributed by atoms with Gasteiger partial charge in [0.1, 0.15) is 17.3 Å². The van der Waals surface area contributed by atoms with E-state index in [1.807, 2.05) is 19.1 Å². The van der Waals surface area contributed by atoms with Gasteiger partial charge in [-0.25, -0.2) is 4.39 Å². The number of nitrogens with one attached hydrogen (secondary N) is 1. The molecule has 1 aromatic carbocycles. The lowest BCUT2D eigenvalue weighted by Gasteiger charge is -2.33. The predicted molar refractivity (Wildman–Crippen MR) is 87.3 cm³/mol. The lowest BCUT2D eigenvalue weighted by molar-refractivity contribution is 0.0117. The maximum atomic E-state index is 13.7. The van der Waals surface area contributed by atoms with E-state index in [4.69, 9.17) is 9.15 Å². The van der Waals surface area contributed by atoms with Crippen LogP contribution in [-0.2, 0) is 4.74 Å². The van der Waals surface area contributed by atoms with Crippen LogP contribution in [0.5, 0.6) is 0 Å². The Hall–Kier alpha value is -2.18. The number of nitrogens with zero attached hydrogens (tertiary/aromatic N) is 1. The molecule has 1 saturated heterocycles. The van der Waals surface area contributed by atoms with E-state index in [2.05, 4.69) is 10.2 Å². The molecule has 1 unspecified atom stereocenters. The second-order valence-electron chi connectivity index (χ2n) is 5.80. The zero-order valence-corrected chi connectivity index (χ0v) is 13.6. The highest BCUT2D eigenvalue weighted by Gasteiger charge is 2.26. The Morgan fingerprint density at radius 3 is 2.67 bits per heavy atom. The fourth-order valence-electron chi connectivity index (χ4n) is 2.86. The normalized spacial score (nSPS) is 16.8. The van der Waals surface area contributed by atoms with Gasteiger partial charge >= 0.3 is 0 Å². The second kappa shape index (κ2) is 7.59. The van der Waals surface area contributed by atoms with Crippen molar-refractivity contribution < 1.29 is 18.3 Å². The number of aryl methyl sites for hydroxylation is 1. The number of hydrogen-bond acceptors (Lipinski definition) is 4. The molecule has 2 aromatic rings. The maximum absolute atomic E-state index is 13.7. The first-order valence-corrected chi connectivity index (χ1v) is 8.06. The predicted octanol–water partition coefficient (Wildman–Crippen LogP) is 2.53. The standard InChI is InChI=1S/C18H21FN2O3/c1-13-6-7-17(24-13)16(21-8-10-23-11-9-21)12-20-18(22)14-4-2-3-5-15(14)19/h2-7,16H,8-12H2,1H3,(H,20,22). The third-order valence-corrected chi connectivity index (χ3v) is 4.15. The van der Waals surface area contributed by atoms with Gasteiger partial charge in [-0.2, -0.15) is 0 Å². The third-order valence-electron chi connectivity index (χ3n) is 4.15. The molecule has 1 aliphatic heterocycles. The Kier molecular flexibility index (Phi) is 5.27. The lowest BCUT2D eigenvalue weighted by Crippen LogP contribution is -2.43. The van der Waals surface area contributed by atoms with Gasteiger partial charge in [0, 0.05) is 19.6 Å². The van der Waals surface area contributed by atoms with E-state index < -0.39 is 11.7 Å². The van der Waals surface area contributed by atoms with Gasteiger partial charge < -0.3 is 14.5 Å². The molecule has 1 aromatic heterocycles. The van der Waals surface area contributed by atoms with E-state index in [1.165, 1.54) is 12.1 Å². The van der Waals surface area contributed by atoms with E-state index >= 15 is 0 Å². The van der Waals surface area contributed by atoms with Gasteiger partial charge in [-0.05, 0) is 31.2 Å². The van der Waals surface area contributed by atoms with E-state index in [0.717, 1.165) is 24.6 Å². The topological polar surface area (TPSA) is 54.7 Å². The summed E-state index contributed by atoms with van der Waals surface area (Å²) in [5.74, 6) is 0.674. The Morgan fingerprint density at radius 2 is 2.00 bits per heavy atom. The van der Waals surface area contributed by atoms with Gasteiger partial charge in [0.2, 0.25) is 0 Å². The number of morpholine rings is 1. The molecule has 3 rings (SSSR count). The molecule has 0 saturated carbocycles. The molecule has 1 N–H and O–H groups in total. The van der Waals surface area contributed by atoms with Crippen molar-refractivity contribution in [3.05, 3.63) is 59.3 Å². The van der Waals surface area contributed by atoms with Crippen LogP contribution in [-0.4, -0.2) is 43.7 Å². The van der Waals surface area contributed by atoms with Crippen molar-refractivity contribution in [1.82, 2.24) is 10.2 Å². The molecular weight excluding hydrogens is 311 g/mol. The minimum absolute atomic E-state index is 0.0499. The maximum Gasteiger partial charge on any atom is 0.254 e. The zero-order chi connectivity index (χ0) is 16.9. The molecule has 0 radical (unpaired) electrons. The molecule has 5 nitrogen and oxygen atoms in total. The molecule has 0 bridgehead atoms. The monoisotopic (exact) mass is 332 g/mol. The molecule has 2 heterocycles. The second-order valence-corrected chi connectivity index (χ2v) is 5.80. The summed E-state index contributed by atoms with van der Waals surface area (Å²) >= 11 is 0. The van der Waals surface area contributed by atoms with Gasteiger partial charge in [-0.3, -0.25) is 9.69 Å². The van der Waals surface area contributed by atoms with Crippen LogP contribution < -0.4 is 5.32 Å². The number of halogens is 1. The number of amides is 1. The van der Waals surface area contributed by atoms with Crippen molar-refractivity contribution in [2.24, 2.45) is 0 Å². The van der Waals surface area contributed by atoms with Crippen molar-refractivity contribution in [2.45, 2.75) is 13.0 Å². The summed E-state index contributed by atoms with van der Waals surface area (Å²) in [6, 6.07) is 9.70. The zero-order valence-electron chi connectivity index (χ0n) is 13.6. The highest BCUT2D eigenvalue weighted by Crippen LogP contribution is 2.23. The third kappa shape index (κ3) is 3.83. The number of furan rings is 1. The lowest BCUT2D eigenvalue weighted by atomic mass is 10.1. The molecule has 1 fully saturated rings. The molecular formula is C18H21FN2O3. The van der Waals surface area contributed by atoms with E-state index in [-0.39, 0.29) is 11.6 Å². The molecule has 0 spiro atoms. The van der Waals surface area contributed by atoms with Crippen LogP contribution in [0.15, 0.2) is 40.8 Å². The summed E-state index contributed by atoms with van der Waals surface area (Å²) in [6.45, 7) is 5.06. The highest BCUT2D eigenvalue weighted by molar-refractivity contribution is 5.94. The van der Waals surface area contributed by atoms with Crippen LogP contribution in [0, 0.1) is 12.7 Å². The molecule has 1 amide bonds. The van der Waals surface area contributed by atoms with Gasteiger partial charge in [0.15, 0.2) is 0 Å². The Morgan fingerprint density at radius 1 is 1.25 bits per heavy atom. The van der Waals surface area contributed by atoms with Gasteiger partial charge in [-0.15, -0.1) is 0 Å². The van der Waals surface area contributed by atoms with E-state index in [9.17, 15) is 9.18 Å². The summed E-state index contributed by atoms with van der Waals surface area (Å²) in [5.41, 5.74) is 0.0499. The van der Waals surface area contributed by atoms with Crippen LogP contribution >= 0.6 is 0 Å². The first kappa shape index (κ1) is 16.7. The number of carbonyl (C=O) groups excluding carboxylic acids is 1. The van der Waals surface area contributed by atoms with Crippen molar-refractivity contribution in [2.75, 3.05) is 32.8 Å². The largest absolute Gasteiger partial charge is 0.465 e. The van der Waals surface area contributed by atoms with E-state index in [1.54, 1.807) is 12.1 Å². The number of ether oxygens (including phenoxy) is 1. The van der Waals surface area contributed by atoms with Crippen LogP contribution in [0.1, 0.15) is 27.9 Å². The highest BCUT2D eigenvalue weighted by atomic mass is 19.1. The summed E-state index contributed by atoms with van der Waals surface area (Å²) in [5, 5.41) is 2.82. The molecule has 1 aliphatic rings. The van der Waals surface area contributed by atoms with Crippen molar-refractivity contribution in [3.8, 4) is 0 Å². The average Bonchev–Trinajstić information content (AvgIpc) is 3.02. The first-order valence-electron chi connectivity index (χ1n) is 8.06. The van der Waals surface area contributed by atoms with Crippen LogP contribution in [0.25, 0.3) is 0 Å². The Labute approximate surface area is 140 Å². The minimum Gasteiger partial charge on any atom is -0.465 e. The summed E-state index contributed by atoms with van der Waals surface area (Å²) in [7, 11) is 0. The van der Waals surface area contributed by atoms with Crippen LogP contribution in [0.4, 0.5) is 4.39 Å². The summed E-state index contributed by atoms with van der Waals surface area (Å²) in [6.07, 6.45) is 0. The van der Waals surface area contributed by atoms with Crippen molar-refractivity contribution >= 4 is 5.91 Å². The van der Waals surface area contributed by atoms with Gasteiger partial charge in [-0.1, -0.05) is 12.1 Å². The smallest absolute Gasteiger partial charge is 0.254 e. The van der Waals surface area contributed by atoms with E-state index in [0.29, 0.717) is 19.8 Å². The number of carbonyl (C=O) groups is 1. The number of benzene rings is 1. The Balaban J connectivity index is 1.72. The summed E-state index contributed by atoms with van der Waals surface area (Å²) in [4.78, 5) is 14.5. The fourth-order valence-corrected chi connectivity index (χ4v) is 2.86. The minimum atomic E-state index is -0.522. The van der Waals surface area contributed by atoms with Crippen molar-refractivity contribution in [1.29, 1.82) is 0 Å². The number of hydrogen-bond donors (Lipinski definition) is 1. The molecule has 0 aliphatic carbocycles. The molecule has 6 heteroatoms. The fraction of sp³-hybridized carbons (Fsp3) is 0.389. The number of rotatable bonds is 5. The van der Waals surface area contributed by atoms with Gasteiger partial charge in [0.05, 0.1) is 24.8 Å². The Bertz CT molecular complexity index is 695. The average molecular weight is 332 g/mol. The molecule has 1 atom stereocenters. The first-order chi connectivity index (χ1) is 11.6. The van der Waals surface area contributed by atoms with Crippen molar-refractivity contribution in [3.63, 3.8) is 0 Å². The summed E-state index contributed by atoms with van der Waals surface area (Å²) < 4.78 is 24.9. The van der Waals surface area contributed by atoms with Crippen LogP contribution in [0.2, 0.25) is 0 Å².